The zero-order valence-electron chi connectivity index (χ0n) is 11.0. The molecule has 1 saturated heterocycles. The average Bonchev–Trinajstić information content (AvgIpc) is 2.62. The summed E-state index contributed by atoms with van der Waals surface area (Å²) in [4.78, 5) is 14.4. The molecule has 1 aliphatic rings. The Morgan fingerprint density at radius 3 is 2.67 bits per heavy atom. The monoisotopic (exact) mass is 271 g/mol. The zero-order chi connectivity index (χ0) is 13.3. The molecule has 1 aromatic rings. The topological polar surface area (TPSA) is 42.7 Å². The molecule has 2 heterocycles. The number of nitrogens with zero attached hydrogens (tertiary/aromatic N) is 1. The van der Waals surface area contributed by atoms with Gasteiger partial charge >= 0.3 is 0 Å². The van der Waals surface area contributed by atoms with Crippen LogP contribution < -0.4 is 0 Å². The van der Waals surface area contributed by atoms with Crippen molar-refractivity contribution >= 4 is 17.5 Å². The SMILES string of the molecule is Cc1oc(C)c(C(=O)N2CCOCC2CCl)c1C. The molecule has 0 N–H and O–H groups in total. The third-order valence-corrected chi connectivity index (χ3v) is 3.80. The van der Waals surface area contributed by atoms with E-state index in [1.165, 1.54) is 0 Å². The Morgan fingerprint density at radius 2 is 2.11 bits per heavy atom. The van der Waals surface area contributed by atoms with E-state index in [0.29, 0.717) is 37.0 Å². The molecule has 1 aromatic heterocycles. The number of hydrogen-bond acceptors (Lipinski definition) is 3. The van der Waals surface area contributed by atoms with Crippen molar-refractivity contribution in [1.29, 1.82) is 0 Å². The van der Waals surface area contributed by atoms with Gasteiger partial charge in [0.1, 0.15) is 11.5 Å². The van der Waals surface area contributed by atoms with E-state index in [1.807, 2.05) is 20.8 Å². The van der Waals surface area contributed by atoms with Gasteiger partial charge in [-0.05, 0) is 20.8 Å². The normalized spacial score (nSPS) is 20.2. The van der Waals surface area contributed by atoms with Crippen LogP contribution in [0.5, 0.6) is 0 Å². The number of amides is 1. The highest BCUT2D eigenvalue weighted by atomic mass is 35.5. The van der Waals surface area contributed by atoms with Gasteiger partial charge in [-0.2, -0.15) is 0 Å². The molecular formula is C13H18ClNO3. The van der Waals surface area contributed by atoms with Gasteiger partial charge in [0.05, 0.1) is 24.8 Å². The number of hydrogen-bond donors (Lipinski definition) is 0. The third-order valence-electron chi connectivity index (χ3n) is 3.44. The number of aryl methyl sites for hydroxylation is 2. The fourth-order valence-electron chi connectivity index (χ4n) is 2.30. The standard InChI is InChI=1S/C13H18ClNO3/c1-8-9(2)18-10(3)12(8)13(16)15-4-5-17-7-11(15)6-14/h11H,4-7H2,1-3H3. The fourth-order valence-corrected chi connectivity index (χ4v) is 2.56. The second-order valence-electron chi connectivity index (χ2n) is 4.60. The molecule has 100 valence electrons. The Balaban J connectivity index is 2.29. The smallest absolute Gasteiger partial charge is 0.258 e. The molecule has 0 aliphatic carbocycles. The molecule has 2 rings (SSSR count). The molecule has 5 heteroatoms. The van der Waals surface area contributed by atoms with Crippen LogP contribution in [-0.4, -0.2) is 42.5 Å². The molecule has 1 fully saturated rings. The highest BCUT2D eigenvalue weighted by Gasteiger charge is 2.30. The number of halogens is 1. The maximum Gasteiger partial charge on any atom is 0.258 e. The van der Waals surface area contributed by atoms with E-state index >= 15 is 0 Å². The van der Waals surface area contributed by atoms with E-state index in [9.17, 15) is 4.79 Å². The van der Waals surface area contributed by atoms with Crippen LogP contribution in [0, 0.1) is 20.8 Å². The number of ether oxygens (including phenoxy) is 1. The Labute approximate surface area is 112 Å². The van der Waals surface area contributed by atoms with E-state index in [4.69, 9.17) is 20.8 Å². The molecule has 0 aromatic carbocycles. The van der Waals surface area contributed by atoms with Gasteiger partial charge < -0.3 is 14.1 Å². The highest BCUT2D eigenvalue weighted by Crippen LogP contribution is 2.24. The number of carbonyl (C=O) groups excluding carboxylic acids is 1. The van der Waals surface area contributed by atoms with Crippen molar-refractivity contribution in [2.24, 2.45) is 0 Å². The second-order valence-corrected chi connectivity index (χ2v) is 4.90. The minimum absolute atomic E-state index is 0.00389. The van der Waals surface area contributed by atoms with Gasteiger partial charge in [-0.15, -0.1) is 11.6 Å². The Bertz CT molecular complexity index is 455. The molecule has 1 atom stereocenters. The Kier molecular flexibility index (Phi) is 3.97. The first-order valence-electron chi connectivity index (χ1n) is 6.07. The van der Waals surface area contributed by atoms with E-state index in [-0.39, 0.29) is 11.9 Å². The molecule has 1 amide bonds. The maximum absolute atomic E-state index is 12.6. The predicted molar refractivity (Wildman–Crippen MR) is 69.3 cm³/mol. The van der Waals surface area contributed by atoms with Crippen LogP contribution in [0.25, 0.3) is 0 Å². The lowest BCUT2D eigenvalue weighted by atomic mass is 10.1. The first kappa shape index (κ1) is 13.4. The van der Waals surface area contributed by atoms with Crippen LogP contribution in [0.2, 0.25) is 0 Å². The maximum atomic E-state index is 12.6. The second kappa shape index (κ2) is 5.33. The van der Waals surface area contributed by atoms with Crippen molar-refractivity contribution in [1.82, 2.24) is 4.90 Å². The molecular weight excluding hydrogens is 254 g/mol. The molecule has 0 saturated carbocycles. The number of morpholine rings is 1. The van der Waals surface area contributed by atoms with Crippen molar-refractivity contribution in [3.05, 3.63) is 22.6 Å². The van der Waals surface area contributed by atoms with Gasteiger partial charge in [0.2, 0.25) is 0 Å². The third kappa shape index (κ3) is 2.27. The molecule has 1 unspecified atom stereocenters. The summed E-state index contributed by atoms with van der Waals surface area (Å²) in [7, 11) is 0. The number of rotatable bonds is 2. The largest absolute Gasteiger partial charge is 0.466 e. The lowest BCUT2D eigenvalue weighted by molar-refractivity contribution is 0.00443. The minimum Gasteiger partial charge on any atom is -0.466 e. The average molecular weight is 272 g/mol. The summed E-state index contributed by atoms with van der Waals surface area (Å²) in [5.41, 5.74) is 1.59. The number of carbonyl (C=O) groups is 1. The summed E-state index contributed by atoms with van der Waals surface area (Å²) < 4.78 is 10.9. The lowest BCUT2D eigenvalue weighted by Crippen LogP contribution is -2.49. The molecule has 0 spiro atoms. The summed E-state index contributed by atoms with van der Waals surface area (Å²) in [6, 6.07) is -0.0538. The van der Waals surface area contributed by atoms with E-state index < -0.39 is 0 Å². The zero-order valence-corrected chi connectivity index (χ0v) is 11.7. The minimum atomic E-state index is -0.0538. The van der Waals surface area contributed by atoms with Crippen LogP contribution >= 0.6 is 11.6 Å². The highest BCUT2D eigenvalue weighted by molar-refractivity contribution is 6.18. The van der Waals surface area contributed by atoms with Crippen molar-refractivity contribution in [2.75, 3.05) is 25.6 Å². The van der Waals surface area contributed by atoms with Gasteiger partial charge in [0.25, 0.3) is 5.91 Å². The van der Waals surface area contributed by atoms with E-state index in [1.54, 1.807) is 4.90 Å². The van der Waals surface area contributed by atoms with Crippen molar-refractivity contribution < 1.29 is 13.9 Å². The Morgan fingerprint density at radius 1 is 1.39 bits per heavy atom. The van der Waals surface area contributed by atoms with Gasteiger partial charge in [0.15, 0.2) is 0 Å². The molecule has 0 bridgehead atoms. The van der Waals surface area contributed by atoms with Crippen molar-refractivity contribution in [3.8, 4) is 0 Å². The number of alkyl halides is 1. The van der Waals surface area contributed by atoms with E-state index in [0.717, 1.165) is 11.3 Å². The van der Waals surface area contributed by atoms with Crippen LogP contribution in [0.3, 0.4) is 0 Å². The van der Waals surface area contributed by atoms with Gasteiger partial charge in [-0.3, -0.25) is 4.79 Å². The molecule has 1 aliphatic heterocycles. The summed E-state index contributed by atoms with van der Waals surface area (Å²) >= 11 is 5.89. The fraction of sp³-hybridized carbons (Fsp3) is 0.615. The summed E-state index contributed by atoms with van der Waals surface area (Å²) in [6.45, 7) is 7.26. The van der Waals surface area contributed by atoms with Crippen molar-refractivity contribution in [2.45, 2.75) is 26.8 Å². The first-order chi connectivity index (χ1) is 8.56. The quantitative estimate of drug-likeness (QED) is 0.775. The van der Waals surface area contributed by atoms with Gasteiger partial charge in [-0.1, -0.05) is 0 Å². The van der Waals surface area contributed by atoms with E-state index in [2.05, 4.69) is 0 Å². The van der Waals surface area contributed by atoms with Crippen LogP contribution in [0.15, 0.2) is 4.42 Å². The van der Waals surface area contributed by atoms with Gasteiger partial charge in [-0.25, -0.2) is 0 Å². The summed E-state index contributed by atoms with van der Waals surface area (Å²) in [5.74, 6) is 1.86. The Hall–Kier alpha value is -1.00. The van der Waals surface area contributed by atoms with Gasteiger partial charge in [0, 0.05) is 18.0 Å². The molecule has 18 heavy (non-hydrogen) atoms. The van der Waals surface area contributed by atoms with Crippen LogP contribution in [-0.2, 0) is 4.74 Å². The predicted octanol–water partition coefficient (Wildman–Crippen LogP) is 2.28. The summed E-state index contributed by atoms with van der Waals surface area (Å²) in [6.07, 6.45) is 0. The van der Waals surface area contributed by atoms with Crippen LogP contribution in [0.4, 0.5) is 0 Å². The summed E-state index contributed by atoms with van der Waals surface area (Å²) in [5, 5.41) is 0. The lowest BCUT2D eigenvalue weighted by Gasteiger charge is -2.34. The molecule has 4 nitrogen and oxygen atoms in total. The number of furan rings is 1. The van der Waals surface area contributed by atoms with Crippen LogP contribution in [0.1, 0.15) is 27.4 Å². The first-order valence-corrected chi connectivity index (χ1v) is 6.61. The van der Waals surface area contributed by atoms with Crippen molar-refractivity contribution in [3.63, 3.8) is 0 Å². The molecule has 0 radical (unpaired) electrons.